The fraction of sp³-hybridized carbons (Fsp3) is 0.250. The van der Waals surface area contributed by atoms with E-state index in [1.54, 1.807) is 48.5 Å². The predicted molar refractivity (Wildman–Crippen MR) is 99.6 cm³/mol. The zero-order valence-electron chi connectivity index (χ0n) is 14.4. The average molecular weight is 356 g/mol. The highest BCUT2D eigenvalue weighted by Crippen LogP contribution is 2.24. The van der Waals surface area contributed by atoms with Crippen molar-refractivity contribution in [1.82, 2.24) is 10.4 Å². The summed E-state index contributed by atoms with van der Waals surface area (Å²) in [6, 6.07) is 13.4. The van der Waals surface area contributed by atoms with Gasteiger partial charge in [0.2, 0.25) is 0 Å². The first-order valence-electron chi connectivity index (χ1n) is 7.99. The van der Waals surface area contributed by atoms with Crippen molar-refractivity contribution in [2.24, 2.45) is 0 Å². The normalized spacial score (nSPS) is 11.9. The minimum atomic E-state index is -0.361. The molecule has 1 aliphatic rings. The number of hydrogen-bond acceptors (Lipinski definition) is 4. The van der Waals surface area contributed by atoms with Gasteiger partial charge in [-0.25, -0.2) is 5.48 Å². The van der Waals surface area contributed by atoms with Crippen molar-refractivity contribution >= 4 is 17.7 Å². The molecule has 0 spiro atoms. The van der Waals surface area contributed by atoms with E-state index in [1.165, 1.54) is 12.0 Å². The number of carbonyl (C=O) groups excluding carboxylic acids is 3. The maximum absolute atomic E-state index is 12.3. The summed E-state index contributed by atoms with van der Waals surface area (Å²) in [7, 11) is 1.36. The van der Waals surface area contributed by atoms with Gasteiger partial charge in [-0.15, -0.1) is 0 Å². The van der Waals surface area contributed by atoms with E-state index in [1.807, 2.05) is 13.8 Å². The largest absolute Gasteiger partial charge is 0.277 e. The highest BCUT2D eigenvalue weighted by molar-refractivity contribution is 6.21. The van der Waals surface area contributed by atoms with Crippen molar-refractivity contribution in [2.45, 2.75) is 27.8 Å². The summed E-state index contributed by atoms with van der Waals surface area (Å²) < 4.78 is 0. The monoisotopic (exact) mass is 356 g/mol. The van der Waals surface area contributed by atoms with Crippen LogP contribution in [0.1, 0.15) is 57.9 Å². The third-order valence-corrected chi connectivity index (χ3v) is 3.63. The second kappa shape index (κ2) is 9.48. The Morgan fingerprint density at radius 2 is 1.46 bits per heavy atom. The molecule has 3 rings (SSSR count). The van der Waals surface area contributed by atoms with E-state index in [9.17, 15) is 14.4 Å². The molecule has 2 aromatic rings. The molecule has 1 aliphatic heterocycles. The van der Waals surface area contributed by atoms with Gasteiger partial charge in [0.1, 0.15) is 0 Å². The number of fused-ring (bicyclic) bond motifs is 1. The molecule has 3 amide bonds. The van der Waals surface area contributed by atoms with E-state index in [-0.39, 0.29) is 31.7 Å². The molecule has 138 valence electrons. The van der Waals surface area contributed by atoms with Crippen LogP contribution in [0.3, 0.4) is 0 Å². The maximum atomic E-state index is 12.3. The quantitative estimate of drug-likeness (QED) is 0.673. The zero-order chi connectivity index (χ0) is 18.4. The van der Waals surface area contributed by atoms with Gasteiger partial charge in [-0.1, -0.05) is 45.5 Å². The molecule has 0 radical (unpaired) electrons. The first kappa shape index (κ1) is 21.1. The Hall–Kier alpha value is -2.99. The highest BCUT2D eigenvalue weighted by Gasteiger charge is 2.34. The van der Waals surface area contributed by atoms with Crippen LogP contribution < -0.4 is 5.48 Å². The van der Waals surface area contributed by atoms with Crippen LogP contribution in [0.15, 0.2) is 48.5 Å². The minimum Gasteiger partial charge on any atom is -0.277 e. The molecule has 6 nitrogen and oxygen atoms in total. The first-order valence-corrected chi connectivity index (χ1v) is 7.99. The molecule has 6 heteroatoms. The molecule has 26 heavy (non-hydrogen) atoms. The van der Waals surface area contributed by atoms with Gasteiger partial charge in [0.05, 0.1) is 24.8 Å². The SMILES string of the molecule is C.CC.CONC(=O)c1ccc(CN2C(=O)c3ccccc3C2=O)cc1. The lowest BCUT2D eigenvalue weighted by atomic mass is 10.1. The molecule has 0 bridgehead atoms. The Bertz CT molecular complexity index is 750. The van der Waals surface area contributed by atoms with Crippen LogP contribution in [-0.4, -0.2) is 29.7 Å². The number of nitrogens with one attached hydrogen (secondary N) is 1. The number of hydrogen-bond donors (Lipinski definition) is 1. The number of hydroxylamine groups is 1. The van der Waals surface area contributed by atoms with Gasteiger partial charge in [-0.05, 0) is 29.8 Å². The number of amides is 3. The third-order valence-electron chi connectivity index (χ3n) is 3.63. The van der Waals surface area contributed by atoms with Gasteiger partial charge in [-0.3, -0.25) is 24.1 Å². The fourth-order valence-electron chi connectivity index (χ4n) is 2.48. The van der Waals surface area contributed by atoms with Gasteiger partial charge in [-0.2, -0.15) is 0 Å². The molecule has 0 saturated heterocycles. The molecule has 1 N–H and O–H groups in total. The molecule has 0 aliphatic carbocycles. The highest BCUT2D eigenvalue weighted by atomic mass is 16.6. The predicted octanol–water partition coefficient (Wildman–Crippen LogP) is 3.44. The standard InChI is InChI=1S/C17H14N2O4.C2H6.CH4/c1-23-18-15(20)12-8-6-11(7-9-12)10-19-16(21)13-4-2-3-5-14(13)17(19)22;1-2;/h2-9H,10H2,1H3,(H,18,20);1-2H3;1H4. The molecule has 0 aromatic heterocycles. The summed E-state index contributed by atoms with van der Waals surface area (Å²) in [5, 5.41) is 0. The third kappa shape index (κ3) is 4.15. The van der Waals surface area contributed by atoms with Gasteiger partial charge in [0.25, 0.3) is 17.7 Å². The number of nitrogens with zero attached hydrogens (tertiary/aromatic N) is 1. The van der Waals surface area contributed by atoms with E-state index in [0.717, 1.165) is 5.56 Å². The lowest BCUT2D eigenvalue weighted by molar-refractivity contribution is 0.0536. The molecule has 0 unspecified atom stereocenters. The second-order valence-electron chi connectivity index (χ2n) is 5.07. The molecular formula is C20H24N2O4. The van der Waals surface area contributed by atoms with Crippen molar-refractivity contribution in [1.29, 1.82) is 0 Å². The van der Waals surface area contributed by atoms with Crippen LogP contribution in [-0.2, 0) is 11.4 Å². The number of benzene rings is 2. The summed E-state index contributed by atoms with van der Waals surface area (Å²) in [4.78, 5) is 42.0. The van der Waals surface area contributed by atoms with E-state index in [0.29, 0.717) is 16.7 Å². The zero-order valence-corrected chi connectivity index (χ0v) is 14.4. The number of rotatable bonds is 4. The van der Waals surface area contributed by atoms with E-state index < -0.39 is 0 Å². The van der Waals surface area contributed by atoms with Gasteiger partial charge in [0, 0.05) is 5.56 Å². The van der Waals surface area contributed by atoms with Crippen molar-refractivity contribution in [2.75, 3.05) is 7.11 Å². The Balaban J connectivity index is 0.00000109. The molecule has 0 fully saturated rings. The second-order valence-corrected chi connectivity index (χ2v) is 5.07. The molecule has 2 aromatic carbocycles. The fourth-order valence-corrected chi connectivity index (χ4v) is 2.48. The Kier molecular flexibility index (Phi) is 7.68. The van der Waals surface area contributed by atoms with Crippen LogP contribution in [0.4, 0.5) is 0 Å². The summed E-state index contributed by atoms with van der Waals surface area (Å²) in [6.45, 7) is 4.17. The molecular weight excluding hydrogens is 332 g/mol. The van der Waals surface area contributed by atoms with Crippen molar-refractivity contribution in [3.8, 4) is 0 Å². The van der Waals surface area contributed by atoms with E-state index in [2.05, 4.69) is 10.3 Å². The Morgan fingerprint density at radius 3 is 1.92 bits per heavy atom. The van der Waals surface area contributed by atoms with E-state index >= 15 is 0 Å². The number of carbonyl (C=O) groups is 3. The first-order chi connectivity index (χ1) is 12.1. The van der Waals surface area contributed by atoms with Gasteiger partial charge >= 0.3 is 0 Å². The summed E-state index contributed by atoms with van der Waals surface area (Å²) >= 11 is 0. The summed E-state index contributed by atoms with van der Waals surface area (Å²) in [5.41, 5.74) is 4.26. The van der Waals surface area contributed by atoms with Crippen molar-refractivity contribution < 1.29 is 19.2 Å². The molecule has 1 heterocycles. The number of imide groups is 1. The summed E-state index contributed by atoms with van der Waals surface area (Å²) in [5.74, 6) is -0.960. The van der Waals surface area contributed by atoms with Crippen LogP contribution in [0.2, 0.25) is 0 Å². The average Bonchev–Trinajstić information content (AvgIpc) is 2.89. The Labute approximate surface area is 153 Å². The van der Waals surface area contributed by atoms with Crippen molar-refractivity contribution in [3.63, 3.8) is 0 Å². The maximum Gasteiger partial charge on any atom is 0.274 e. The molecule has 0 saturated carbocycles. The summed E-state index contributed by atoms with van der Waals surface area (Å²) in [6.07, 6.45) is 0. The van der Waals surface area contributed by atoms with E-state index in [4.69, 9.17) is 0 Å². The lowest BCUT2D eigenvalue weighted by Crippen LogP contribution is -2.29. The lowest BCUT2D eigenvalue weighted by Gasteiger charge is -2.14. The minimum absolute atomic E-state index is 0. The van der Waals surface area contributed by atoms with Gasteiger partial charge < -0.3 is 0 Å². The van der Waals surface area contributed by atoms with Gasteiger partial charge in [0.15, 0.2) is 0 Å². The van der Waals surface area contributed by atoms with Crippen molar-refractivity contribution in [3.05, 3.63) is 70.8 Å². The topological polar surface area (TPSA) is 75.7 Å². The van der Waals surface area contributed by atoms with Crippen LogP contribution in [0.25, 0.3) is 0 Å². The molecule has 0 atom stereocenters. The van der Waals surface area contributed by atoms with Crippen LogP contribution >= 0.6 is 0 Å². The Morgan fingerprint density at radius 1 is 0.962 bits per heavy atom. The smallest absolute Gasteiger partial charge is 0.274 e. The van der Waals surface area contributed by atoms with Crippen LogP contribution in [0, 0.1) is 0 Å². The van der Waals surface area contributed by atoms with Crippen LogP contribution in [0.5, 0.6) is 0 Å².